The van der Waals surface area contributed by atoms with Crippen LogP contribution in [-0.4, -0.2) is 45.5 Å². The SMILES string of the molecule is C[C@]12CC[C@@H]3c4ccc(O)cc4CC[C@H]3[C@@H]1CCC2=O.OCC(O)CO. The zero-order chi connectivity index (χ0) is 18.9. The summed E-state index contributed by atoms with van der Waals surface area (Å²) in [6, 6.07) is 5.90. The normalized spacial score (nSPS) is 32.3. The average Bonchev–Trinajstić information content (AvgIpc) is 2.96. The van der Waals surface area contributed by atoms with Crippen LogP contribution < -0.4 is 0 Å². The summed E-state index contributed by atoms with van der Waals surface area (Å²) in [5.74, 6) is 2.78. The van der Waals surface area contributed by atoms with Crippen molar-refractivity contribution in [2.24, 2.45) is 17.3 Å². The summed E-state index contributed by atoms with van der Waals surface area (Å²) in [5, 5.41) is 33.7. The standard InChI is InChI=1S/C18H22O2.C3H8O3/c1-18-9-8-14-13-5-3-12(19)10-11(13)2-4-15(14)16(18)6-7-17(18)20;4-1-3(6)2-5/h3,5,10,14-16,19H,2,4,6-9H2,1H3;3-6H,1-2H2/t14-,15-,16+,18+;/m1./s1. The molecule has 3 aliphatic carbocycles. The van der Waals surface area contributed by atoms with Crippen LogP contribution in [0.5, 0.6) is 5.75 Å². The highest BCUT2D eigenvalue weighted by molar-refractivity contribution is 5.87. The average molecular weight is 362 g/mol. The van der Waals surface area contributed by atoms with Crippen molar-refractivity contribution in [2.75, 3.05) is 13.2 Å². The number of phenolic OH excluding ortho intramolecular Hbond substituents is 1. The molecule has 0 aromatic heterocycles. The number of aromatic hydroxyl groups is 1. The molecule has 2 fully saturated rings. The van der Waals surface area contributed by atoms with Crippen molar-refractivity contribution in [3.63, 3.8) is 0 Å². The van der Waals surface area contributed by atoms with Crippen LogP contribution >= 0.6 is 0 Å². The number of phenols is 1. The van der Waals surface area contributed by atoms with E-state index in [4.69, 9.17) is 15.3 Å². The molecule has 1 aromatic rings. The fraction of sp³-hybridized carbons (Fsp3) is 0.667. The third-order valence-electron chi connectivity index (χ3n) is 6.84. The molecule has 5 nitrogen and oxygen atoms in total. The van der Waals surface area contributed by atoms with Crippen molar-refractivity contribution in [1.29, 1.82) is 0 Å². The molecule has 0 radical (unpaired) electrons. The Morgan fingerprint density at radius 1 is 1.15 bits per heavy atom. The lowest BCUT2D eigenvalue weighted by atomic mass is 9.55. The van der Waals surface area contributed by atoms with Crippen LogP contribution in [0.4, 0.5) is 0 Å². The quantitative estimate of drug-likeness (QED) is 0.646. The van der Waals surface area contributed by atoms with Gasteiger partial charge in [-0.05, 0) is 73.1 Å². The van der Waals surface area contributed by atoms with Gasteiger partial charge in [0.25, 0.3) is 0 Å². The summed E-state index contributed by atoms with van der Waals surface area (Å²) in [6.07, 6.45) is 5.39. The molecular formula is C21H30O5. The highest BCUT2D eigenvalue weighted by Crippen LogP contribution is 2.59. The van der Waals surface area contributed by atoms with Crippen molar-refractivity contribution in [3.05, 3.63) is 29.3 Å². The zero-order valence-corrected chi connectivity index (χ0v) is 15.4. The lowest BCUT2D eigenvalue weighted by Crippen LogP contribution is -2.42. The minimum Gasteiger partial charge on any atom is -0.508 e. The van der Waals surface area contributed by atoms with Gasteiger partial charge in [0.2, 0.25) is 0 Å². The second-order valence-corrected chi connectivity index (χ2v) is 8.24. The Labute approximate surface area is 154 Å². The van der Waals surface area contributed by atoms with Crippen LogP contribution in [0.15, 0.2) is 18.2 Å². The van der Waals surface area contributed by atoms with E-state index in [0.717, 1.165) is 32.1 Å². The van der Waals surface area contributed by atoms with Crippen molar-refractivity contribution < 1.29 is 25.2 Å². The summed E-state index contributed by atoms with van der Waals surface area (Å²) in [7, 11) is 0. The van der Waals surface area contributed by atoms with Gasteiger partial charge < -0.3 is 20.4 Å². The predicted molar refractivity (Wildman–Crippen MR) is 97.9 cm³/mol. The molecule has 1 aromatic carbocycles. The van der Waals surface area contributed by atoms with Gasteiger partial charge in [0.05, 0.1) is 13.2 Å². The maximum atomic E-state index is 12.3. The number of Topliss-reactive ketones (excluding diaryl/α,β-unsaturated/α-hetero) is 1. The summed E-state index contributed by atoms with van der Waals surface area (Å²) in [4.78, 5) is 12.3. The molecule has 0 aliphatic heterocycles. The highest BCUT2D eigenvalue weighted by atomic mass is 16.3. The van der Waals surface area contributed by atoms with Crippen molar-refractivity contribution in [1.82, 2.24) is 0 Å². The smallest absolute Gasteiger partial charge is 0.139 e. The van der Waals surface area contributed by atoms with Crippen molar-refractivity contribution in [3.8, 4) is 5.75 Å². The van der Waals surface area contributed by atoms with E-state index in [9.17, 15) is 9.90 Å². The molecule has 26 heavy (non-hydrogen) atoms. The van der Waals surface area contributed by atoms with Crippen LogP contribution in [0.25, 0.3) is 0 Å². The third kappa shape index (κ3) is 3.40. The van der Waals surface area contributed by atoms with Gasteiger partial charge in [-0.25, -0.2) is 0 Å². The first-order chi connectivity index (χ1) is 12.4. The van der Waals surface area contributed by atoms with E-state index >= 15 is 0 Å². The second-order valence-electron chi connectivity index (χ2n) is 8.24. The zero-order valence-electron chi connectivity index (χ0n) is 15.4. The lowest BCUT2D eigenvalue weighted by Gasteiger charge is -2.48. The molecule has 0 heterocycles. The Balaban J connectivity index is 0.000000286. The summed E-state index contributed by atoms with van der Waals surface area (Å²) >= 11 is 0. The van der Waals surface area contributed by atoms with Gasteiger partial charge in [-0.3, -0.25) is 4.79 Å². The summed E-state index contributed by atoms with van der Waals surface area (Å²) in [6.45, 7) is 1.49. The van der Waals surface area contributed by atoms with Crippen LogP contribution in [0.1, 0.15) is 56.1 Å². The van der Waals surface area contributed by atoms with E-state index in [0.29, 0.717) is 29.3 Å². The van der Waals surface area contributed by atoms with Gasteiger partial charge in [0, 0.05) is 11.8 Å². The molecular weight excluding hydrogens is 332 g/mol. The topological polar surface area (TPSA) is 98.0 Å². The number of aliphatic hydroxyl groups is 3. The van der Waals surface area contributed by atoms with Gasteiger partial charge in [-0.15, -0.1) is 0 Å². The number of carbonyl (C=O) groups excluding carboxylic acids is 1. The minimum absolute atomic E-state index is 0.0322. The van der Waals surface area contributed by atoms with Gasteiger partial charge in [0.15, 0.2) is 0 Å². The first kappa shape index (κ1) is 19.3. The second kappa shape index (κ2) is 7.67. The highest BCUT2D eigenvalue weighted by Gasteiger charge is 2.54. The minimum atomic E-state index is -0.954. The number of hydrogen-bond acceptors (Lipinski definition) is 5. The van der Waals surface area contributed by atoms with Gasteiger partial charge in [-0.1, -0.05) is 13.0 Å². The van der Waals surface area contributed by atoms with E-state index in [2.05, 4.69) is 13.0 Å². The number of benzene rings is 1. The fourth-order valence-electron chi connectivity index (χ4n) is 5.40. The largest absolute Gasteiger partial charge is 0.508 e. The predicted octanol–water partition coefficient (Wildman–Crippen LogP) is 2.15. The van der Waals surface area contributed by atoms with Crippen LogP contribution in [-0.2, 0) is 11.2 Å². The first-order valence-corrected chi connectivity index (χ1v) is 9.65. The molecule has 144 valence electrons. The number of rotatable bonds is 2. The molecule has 4 N–H and O–H groups in total. The van der Waals surface area contributed by atoms with E-state index in [1.165, 1.54) is 17.5 Å². The number of fused-ring (bicyclic) bond motifs is 5. The number of carbonyl (C=O) groups is 1. The molecule has 0 amide bonds. The van der Waals surface area contributed by atoms with Crippen LogP contribution in [0.2, 0.25) is 0 Å². The number of ketones is 1. The first-order valence-electron chi connectivity index (χ1n) is 9.65. The van der Waals surface area contributed by atoms with Gasteiger partial charge >= 0.3 is 0 Å². The van der Waals surface area contributed by atoms with Gasteiger partial charge in [0.1, 0.15) is 17.6 Å². The Bertz CT molecular complexity index is 654. The Morgan fingerprint density at radius 2 is 1.88 bits per heavy atom. The molecule has 4 atom stereocenters. The lowest BCUT2D eigenvalue weighted by molar-refractivity contribution is -0.129. The fourth-order valence-corrected chi connectivity index (χ4v) is 5.40. The van der Waals surface area contributed by atoms with Crippen LogP contribution in [0, 0.1) is 17.3 Å². The van der Waals surface area contributed by atoms with Crippen LogP contribution in [0.3, 0.4) is 0 Å². The van der Waals surface area contributed by atoms with E-state index in [1.807, 2.05) is 12.1 Å². The molecule has 0 saturated heterocycles. The number of aliphatic hydroxyl groups excluding tert-OH is 3. The molecule has 0 spiro atoms. The summed E-state index contributed by atoms with van der Waals surface area (Å²) < 4.78 is 0. The Morgan fingerprint density at radius 3 is 2.54 bits per heavy atom. The maximum Gasteiger partial charge on any atom is 0.139 e. The monoisotopic (exact) mass is 362 g/mol. The number of aryl methyl sites for hydroxylation is 1. The maximum absolute atomic E-state index is 12.3. The van der Waals surface area contributed by atoms with E-state index in [-0.39, 0.29) is 18.6 Å². The molecule has 5 heteroatoms. The summed E-state index contributed by atoms with van der Waals surface area (Å²) in [5.41, 5.74) is 2.75. The molecule has 0 bridgehead atoms. The van der Waals surface area contributed by atoms with Crippen molar-refractivity contribution >= 4 is 5.78 Å². The number of hydrogen-bond donors (Lipinski definition) is 4. The van der Waals surface area contributed by atoms with E-state index < -0.39 is 6.10 Å². The molecule has 4 rings (SSSR count). The van der Waals surface area contributed by atoms with E-state index in [1.54, 1.807) is 0 Å². The molecule has 0 unspecified atom stereocenters. The Hall–Kier alpha value is -1.43. The molecule has 2 saturated carbocycles. The molecule has 3 aliphatic rings. The van der Waals surface area contributed by atoms with Gasteiger partial charge in [-0.2, -0.15) is 0 Å². The third-order valence-corrected chi connectivity index (χ3v) is 6.84. The van der Waals surface area contributed by atoms with Crippen molar-refractivity contribution in [2.45, 2.75) is 57.5 Å². The Kier molecular flexibility index (Phi) is 5.70.